The minimum absolute atomic E-state index is 0.193. The van der Waals surface area contributed by atoms with Gasteiger partial charge < -0.3 is 10.6 Å². The summed E-state index contributed by atoms with van der Waals surface area (Å²) in [6.45, 7) is 3.61. The van der Waals surface area contributed by atoms with E-state index in [-0.39, 0.29) is 11.7 Å². The van der Waals surface area contributed by atoms with Gasteiger partial charge in [0.1, 0.15) is 5.82 Å². The normalized spacial score (nSPS) is 19.3. The van der Waals surface area contributed by atoms with E-state index in [1.807, 2.05) is 6.92 Å². The summed E-state index contributed by atoms with van der Waals surface area (Å²) < 4.78 is 39.7. The molecule has 0 aromatic carbocycles. The van der Waals surface area contributed by atoms with E-state index in [1.165, 1.54) is 4.52 Å². The van der Waals surface area contributed by atoms with Crippen molar-refractivity contribution in [2.24, 2.45) is 0 Å². The van der Waals surface area contributed by atoms with Crippen molar-refractivity contribution >= 4 is 11.5 Å². The highest BCUT2D eigenvalue weighted by Gasteiger charge is 2.34. The average molecular weight is 299 g/mol. The minimum Gasteiger partial charge on any atom is -0.366 e. The van der Waals surface area contributed by atoms with Crippen LogP contribution in [0, 0.1) is 0 Å². The molecule has 1 unspecified atom stereocenters. The smallest absolute Gasteiger partial charge is 0.366 e. The van der Waals surface area contributed by atoms with E-state index >= 15 is 0 Å². The minimum atomic E-state index is -4.47. The van der Waals surface area contributed by atoms with Gasteiger partial charge in [0.25, 0.3) is 0 Å². The molecule has 3 rings (SSSR count). The summed E-state index contributed by atoms with van der Waals surface area (Å²) in [5.41, 5.74) is 0.0376. The number of rotatable bonds is 3. The molecule has 0 saturated carbocycles. The van der Waals surface area contributed by atoms with Gasteiger partial charge in [-0.05, 0) is 19.4 Å². The second-order valence-electron chi connectivity index (χ2n) is 5.12. The number of anilines is 1. The van der Waals surface area contributed by atoms with Gasteiger partial charge in [-0.15, -0.1) is 0 Å². The Balaban J connectivity index is 2.05. The molecule has 3 heterocycles. The number of aryl methyl sites for hydroxylation is 1. The van der Waals surface area contributed by atoms with Gasteiger partial charge in [0.15, 0.2) is 11.3 Å². The van der Waals surface area contributed by atoms with Crippen molar-refractivity contribution in [1.29, 1.82) is 0 Å². The lowest BCUT2D eigenvalue weighted by atomic mass is 10.2. The number of fused-ring (bicyclic) bond motifs is 1. The van der Waals surface area contributed by atoms with Crippen molar-refractivity contribution in [3.63, 3.8) is 0 Å². The summed E-state index contributed by atoms with van der Waals surface area (Å²) in [6.07, 6.45) is -2.88. The second kappa shape index (κ2) is 5.18. The van der Waals surface area contributed by atoms with Crippen molar-refractivity contribution in [3.8, 4) is 0 Å². The van der Waals surface area contributed by atoms with E-state index in [1.54, 1.807) is 6.07 Å². The van der Waals surface area contributed by atoms with Gasteiger partial charge in [0, 0.05) is 30.4 Å². The van der Waals surface area contributed by atoms with Crippen molar-refractivity contribution in [3.05, 3.63) is 23.5 Å². The largest absolute Gasteiger partial charge is 0.435 e. The summed E-state index contributed by atoms with van der Waals surface area (Å²) in [5, 5.41) is 10.1. The molecule has 2 aromatic rings. The Morgan fingerprint density at radius 1 is 1.43 bits per heavy atom. The molecule has 1 aliphatic rings. The number of aromatic nitrogens is 3. The summed E-state index contributed by atoms with van der Waals surface area (Å²) in [5.74, 6) is 0.557. The molecule has 2 aromatic heterocycles. The van der Waals surface area contributed by atoms with Crippen LogP contribution in [0.5, 0.6) is 0 Å². The Bertz CT molecular complexity index is 643. The Morgan fingerprint density at radius 3 is 2.86 bits per heavy atom. The fraction of sp³-hybridized carbons (Fsp3) is 0.538. The molecule has 1 fully saturated rings. The first-order chi connectivity index (χ1) is 9.97. The topological polar surface area (TPSA) is 54.2 Å². The molecule has 21 heavy (non-hydrogen) atoms. The van der Waals surface area contributed by atoms with E-state index in [2.05, 4.69) is 20.7 Å². The van der Waals surface area contributed by atoms with Crippen molar-refractivity contribution in [2.75, 3.05) is 18.4 Å². The lowest BCUT2D eigenvalue weighted by molar-refractivity contribution is -0.141. The fourth-order valence-electron chi connectivity index (χ4n) is 2.44. The fourth-order valence-corrected chi connectivity index (χ4v) is 2.44. The van der Waals surface area contributed by atoms with Crippen LogP contribution in [0.1, 0.15) is 24.7 Å². The number of halogens is 3. The highest BCUT2D eigenvalue weighted by atomic mass is 19.4. The first-order valence-corrected chi connectivity index (χ1v) is 6.91. The van der Waals surface area contributed by atoms with E-state index in [9.17, 15) is 13.2 Å². The van der Waals surface area contributed by atoms with Crippen molar-refractivity contribution in [1.82, 2.24) is 19.9 Å². The van der Waals surface area contributed by atoms with Crippen LogP contribution in [0.4, 0.5) is 19.0 Å². The van der Waals surface area contributed by atoms with Gasteiger partial charge in [-0.2, -0.15) is 22.8 Å². The average Bonchev–Trinajstić information content (AvgIpc) is 3.06. The molecule has 5 nitrogen and oxygen atoms in total. The standard InChI is InChI=1S/C13H16F3N5/c1-2-8-5-11(19-9-3-4-17-7-9)21-12(18-8)6-10(20-21)13(14,15)16/h5-6,9,17,19H,2-4,7H2,1H3. The van der Waals surface area contributed by atoms with Crippen LogP contribution < -0.4 is 10.6 Å². The molecule has 0 radical (unpaired) electrons. The van der Waals surface area contributed by atoms with Crippen LogP contribution >= 0.6 is 0 Å². The molecule has 2 N–H and O–H groups in total. The molecule has 1 saturated heterocycles. The quantitative estimate of drug-likeness (QED) is 0.911. The van der Waals surface area contributed by atoms with Gasteiger partial charge in [-0.1, -0.05) is 6.92 Å². The lowest BCUT2D eigenvalue weighted by Crippen LogP contribution is -2.24. The zero-order chi connectivity index (χ0) is 15.0. The number of hydrogen-bond acceptors (Lipinski definition) is 4. The summed E-state index contributed by atoms with van der Waals surface area (Å²) in [6, 6.07) is 2.94. The monoisotopic (exact) mass is 299 g/mol. The van der Waals surface area contributed by atoms with Crippen LogP contribution in [0.15, 0.2) is 12.1 Å². The molecular formula is C13H16F3N5. The zero-order valence-electron chi connectivity index (χ0n) is 11.5. The van der Waals surface area contributed by atoms with Crippen molar-refractivity contribution < 1.29 is 13.2 Å². The molecule has 8 heteroatoms. The van der Waals surface area contributed by atoms with E-state index < -0.39 is 11.9 Å². The molecule has 1 atom stereocenters. The highest BCUT2D eigenvalue weighted by Crippen LogP contribution is 2.29. The maximum absolute atomic E-state index is 12.8. The number of alkyl halides is 3. The van der Waals surface area contributed by atoms with E-state index in [0.29, 0.717) is 12.2 Å². The molecular weight excluding hydrogens is 283 g/mol. The van der Waals surface area contributed by atoms with Crippen LogP contribution in [-0.4, -0.2) is 33.7 Å². The van der Waals surface area contributed by atoms with Crippen LogP contribution in [0.25, 0.3) is 5.65 Å². The lowest BCUT2D eigenvalue weighted by Gasteiger charge is -2.14. The summed E-state index contributed by atoms with van der Waals surface area (Å²) in [4.78, 5) is 4.21. The van der Waals surface area contributed by atoms with Gasteiger partial charge in [0.2, 0.25) is 0 Å². The maximum Gasteiger partial charge on any atom is 0.435 e. The Kier molecular flexibility index (Phi) is 3.48. The molecule has 0 bridgehead atoms. The van der Waals surface area contributed by atoms with Crippen LogP contribution in [0.2, 0.25) is 0 Å². The van der Waals surface area contributed by atoms with E-state index in [0.717, 1.165) is 31.3 Å². The molecule has 0 spiro atoms. The van der Waals surface area contributed by atoms with Crippen LogP contribution in [0.3, 0.4) is 0 Å². The third kappa shape index (κ3) is 2.80. The number of hydrogen-bond donors (Lipinski definition) is 2. The molecule has 0 aliphatic carbocycles. The van der Waals surface area contributed by atoms with Gasteiger partial charge >= 0.3 is 6.18 Å². The first kappa shape index (κ1) is 14.1. The SMILES string of the molecule is CCc1cc(NC2CCNC2)n2nc(C(F)(F)F)cc2n1. The van der Waals surface area contributed by atoms with E-state index in [4.69, 9.17) is 0 Å². The summed E-state index contributed by atoms with van der Waals surface area (Å²) >= 11 is 0. The number of nitrogens with one attached hydrogen (secondary N) is 2. The number of nitrogens with zero attached hydrogens (tertiary/aromatic N) is 3. The van der Waals surface area contributed by atoms with Gasteiger partial charge in [-0.25, -0.2) is 4.98 Å². The van der Waals surface area contributed by atoms with Gasteiger partial charge in [-0.3, -0.25) is 0 Å². The zero-order valence-corrected chi connectivity index (χ0v) is 11.5. The Morgan fingerprint density at radius 2 is 2.24 bits per heavy atom. The van der Waals surface area contributed by atoms with Crippen molar-refractivity contribution in [2.45, 2.75) is 32.0 Å². The maximum atomic E-state index is 12.8. The predicted octanol–water partition coefficient (Wildman–Crippen LogP) is 2.08. The predicted molar refractivity (Wildman–Crippen MR) is 72.3 cm³/mol. The third-order valence-corrected chi connectivity index (χ3v) is 3.55. The first-order valence-electron chi connectivity index (χ1n) is 6.91. The highest BCUT2D eigenvalue weighted by molar-refractivity contribution is 5.51. The third-order valence-electron chi connectivity index (χ3n) is 3.55. The van der Waals surface area contributed by atoms with Crippen LogP contribution in [-0.2, 0) is 12.6 Å². The summed E-state index contributed by atoms with van der Waals surface area (Å²) in [7, 11) is 0. The molecule has 0 amide bonds. The Labute approximate surface area is 119 Å². The Hall–Kier alpha value is -1.83. The second-order valence-corrected chi connectivity index (χ2v) is 5.12. The van der Waals surface area contributed by atoms with Gasteiger partial charge in [0.05, 0.1) is 0 Å². The molecule has 1 aliphatic heterocycles. The molecule has 114 valence electrons.